The van der Waals surface area contributed by atoms with E-state index >= 15 is 0 Å². The van der Waals surface area contributed by atoms with Crippen LogP contribution in [0.15, 0.2) is 4.99 Å². The van der Waals surface area contributed by atoms with Gasteiger partial charge < -0.3 is 15.5 Å². The van der Waals surface area contributed by atoms with Crippen LogP contribution in [0, 0.1) is 5.92 Å². The van der Waals surface area contributed by atoms with Crippen molar-refractivity contribution in [3.05, 3.63) is 0 Å². The van der Waals surface area contributed by atoms with Gasteiger partial charge in [0.15, 0.2) is 5.96 Å². The van der Waals surface area contributed by atoms with Crippen molar-refractivity contribution in [2.75, 3.05) is 33.9 Å². The Morgan fingerprint density at radius 1 is 1.32 bits per heavy atom. The molecule has 0 radical (unpaired) electrons. The fourth-order valence-corrected chi connectivity index (χ4v) is 2.42. The van der Waals surface area contributed by atoms with Crippen LogP contribution in [0.1, 0.15) is 39.0 Å². The number of guanidine groups is 1. The van der Waals surface area contributed by atoms with E-state index in [1.807, 2.05) is 0 Å². The molecule has 0 saturated heterocycles. The summed E-state index contributed by atoms with van der Waals surface area (Å²) in [7, 11) is 3.43. The molecule has 0 heterocycles. The predicted molar refractivity (Wildman–Crippen MR) is 99.6 cm³/mol. The molecule has 1 rings (SSSR count). The van der Waals surface area contributed by atoms with Crippen molar-refractivity contribution < 1.29 is 9.18 Å². The Kier molecular flexibility index (Phi) is 11.6. The fraction of sp³-hybridized carbons (Fsp3) is 0.867. The largest absolute Gasteiger partial charge is 0.356 e. The number of hydrogen-bond donors (Lipinski definition) is 2. The highest BCUT2D eigenvalue weighted by atomic mass is 127. The number of amides is 1. The van der Waals surface area contributed by atoms with E-state index in [-0.39, 0.29) is 43.1 Å². The highest BCUT2D eigenvalue weighted by Gasteiger charge is 2.22. The minimum atomic E-state index is -0.350. The molecule has 1 amide bonds. The average molecular weight is 428 g/mol. The second-order valence-electron chi connectivity index (χ2n) is 5.93. The molecule has 130 valence electrons. The number of alkyl halides is 1. The highest BCUT2D eigenvalue weighted by molar-refractivity contribution is 14.0. The van der Waals surface area contributed by atoms with Crippen molar-refractivity contribution in [3.63, 3.8) is 0 Å². The van der Waals surface area contributed by atoms with Gasteiger partial charge in [-0.2, -0.15) is 0 Å². The lowest BCUT2D eigenvalue weighted by molar-refractivity contribution is -0.127. The minimum Gasteiger partial charge on any atom is -0.356 e. The van der Waals surface area contributed by atoms with Gasteiger partial charge in [0.1, 0.15) is 6.54 Å². The number of halogens is 2. The van der Waals surface area contributed by atoms with Crippen molar-refractivity contribution in [1.29, 1.82) is 0 Å². The Labute approximate surface area is 150 Å². The zero-order valence-corrected chi connectivity index (χ0v) is 16.2. The predicted octanol–water partition coefficient (Wildman–Crippen LogP) is 2.17. The Morgan fingerprint density at radius 2 is 2.00 bits per heavy atom. The number of nitrogens with zero attached hydrogens (tertiary/aromatic N) is 2. The molecule has 1 aliphatic rings. The molecule has 1 aliphatic carbocycles. The van der Waals surface area contributed by atoms with E-state index < -0.39 is 0 Å². The maximum atomic E-state index is 12.2. The first kappa shape index (κ1) is 21.4. The molecule has 22 heavy (non-hydrogen) atoms. The van der Waals surface area contributed by atoms with Crippen LogP contribution in [0.25, 0.3) is 0 Å². The van der Waals surface area contributed by atoms with E-state index in [0.29, 0.717) is 30.9 Å². The zero-order valence-electron chi connectivity index (χ0n) is 13.9. The summed E-state index contributed by atoms with van der Waals surface area (Å²) in [6.45, 7) is 2.52. The van der Waals surface area contributed by atoms with E-state index in [4.69, 9.17) is 0 Å². The number of carbonyl (C=O) groups excluding carboxylic acids is 1. The van der Waals surface area contributed by atoms with E-state index in [0.717, 1.165) is 6.42 Å². The molecule has 0 aromatic carbocycles. The van der Waals surface area contributed by atoms with E-state index in [1.165, 1.54) is 24.2 Å². The maximum Gasteiger partial charge on any atom is 0.243 e. The van der Waals surface area contributed by atoms with Crippen LogP contribution in [-0.2, 0) is 4.79 Å². The molecule has 7 heteroatoms. The smallest absolute Gasteiger partial charge is 0.243 e. The monoisotopic (exact) mass is 428 g/mol. The van der Waals surface area contributed by atoms with Gasteiger partial charge in [-0.25, -0.2) is 4.99 Å². The van der Waals surface area contributed by atoms with Gasteiger partial charge in [-0.3, -0.25) is 9.18 Å². The van der Waals surface area contributed by atoms with Gasteiger partial charge in [0, 0.05) is 26.7 Å². The summed E-state index contributed by atoms with van der Waals surface area (Å²) < 4.78 is 12.2. The molecule has 0 aliphatic heterocycles. The van der Waals surface area contributed by atoms with E-state index in [9.17, 15) is 9.18 Å². The number of likely N-dealkylation sites (N-methyl/N-ethyl adjacent to an activating group) is 1. The lowest BCUT2D eigenvalue weighted by atomic mass is 9.86. The van der Waals surface area contributed by atoms with Crippen LogP contribution in [0.2, 0.25) is 0 Å². The number of nitrogens with one attached hydrogen (secondary N) is 2. The molecule has 1 saturated carbocycles. The standard InChI is InChI=1S/C15H29FN4O.HI/c1-12-7-4-5-8-13(12)19-15(17-10-6-9-16)18-11-14(21)20(2)3;/h12-13H,4-11H2,1-3H3,(H2,17,18,19);1H. The zero-order chi connectivity index (χ0) is 15.7. The van der Waals surface area contributed by atoms with Crippen LogP contribution < -0.4 is 10.6 Å². The second kappa shape index (κ2) is 11.9. The summed E-state index contributed by atoms with van der Waals surface area (Å²) in [6, 6.07) is 0.379. The summed E-state index contributed by atoms with van der Waals surface area (Å²) in [5, 5.41) is 6.52. The van der Waals surface area contributed by atoms with Crippen molar-refractivity contribution in [1.82, 2.24) is 15.5 Å². The third kappa shape index (κ3) is 8.14. The van der Waals surface area contributed by atoms with Crippen molar-refractivity contribution in [2.45, 2.75) is 45.1 Å². The first-order valence-electron chi connectivity index (χ1n) is 7.85. The minimum absolute atomic E-state index is 0. The van der Waals surface area contributed by atoms with Crippen LogP contribution >= 0.6 is 24.0 Å². The van der Waals surface area contributed by atoms with Gasteiger partial charge in [-0.15, -0.1) is 24.0 Å². The van der Waals surface area contributed by atoms with Crippen LogP contribution in [0.4, 0.5) is 4.39 Å². The van der Waals surface area contributed by atoms with Gasteiger partial charge >= 0.3 is 0 Å². The van der Waals surface area contributed by atoms with Crippen molar-refractivity contribution in [3.8, 4) is 0 Å². The third-order valence-electron chi connectivity index (χ3n) is 3.91. The van der Waals surface area contributed by atoms with Gasteiger partial charge in [-0.1, -0.05) is 19.8 Å². The van der Waals surface area contributed by atoms with Gasteiger partial charge in [0.05, 0.1) is 6.67 Å². The molecule has 2 unspecified atom stereocenters. The van der Waals surface area contributed by atoms with Crippen molar-refractivity contribution >= 4 is 35.8 Å². The molecule has 2 atom stereocenters. The lowest BCUT2D eigenvalue weighted by Gasteiger charge is -2.31. The quantitative estimate of drug-likeness (QED) is 0.295. The average Bonchev–Trinajstić information content (AvgIpc) is 2.46. The summed E-state index contributed by atoms with van der Waals surface area (Å²) in [6.07, 6.45) is 5.28. The second-order valence-corrected chi connectivity index (χ2v) is 5.93. The SMILES string of the molecule is CC1CCCCC1NC(=NCC(=O)N(C)C)NCCCF.I. The molecule has 0 bridgehead atoms. The molecular weight excluding hydrogens is 398 g/mol. The Bertz CT molecular complexity index is 352. The summed E-state index contributed by atoms with van der Waals surface area (Å²) in [5.41, 5.74) is 0. The Morgan fingerprint density at radius 3 is 2.59 bits per heavy atom. The number of carbonyl (C=O) groups is 1. The number of rotatable bonds is 6. The first-order valence-corrected chi connectivity index (χ1v) is 7.85. The van der Waals surface area contributed by atoms with Crippen LogP contribution in [-0.4, -0.2) is 56.7 Å². The molecule has 1 fully saturated rings. The topological polar surface area (TPSA) is 56.7 Å². The van der Waals surface area contributed by atoms with Crippen molar-refractivity contribution in [2.24, 2.45) is 10.9 Å². The van der Waals surface area contributed by atoms with Crippen LogP contribution in [0.3, 0.4) is 0 Å². The van der Waals surface area contributed by atoms with Gasteiger partial charge in [-0.05, 0) is 25.2 Å². The highest BCUT2D eigenvalue weighted by Crippen LogP contribution is 2.23. The molecule has 5 nitrogen and oxygen atoms in total. The van der Waals surface area contributed by atoms with E-state index in [2.05, 4.69) is 22.5 Å². The molecule has 2 N–H and O–H groups in total. The summed E-state index contributed by atoms with van der Waals surface area (Å²) in [5.74, 6) is 1.17. The molecule has 0 aromatic rings. The molecule has 0 spiro atoms. The van der Waals surface area contributed by atoms with Gasteiger partial charge in [0.25, 0.3) is 0 Å². The first-order chi connectivity index (χ1) is 10.0. The third-order valence-corrected chi connectivity index (χ3v) is 3.91. The summed E-state index contributed by atoms with van der Waals surface area (Å²) in [4.78, 5) is 17.5. The molecular formula is C15H30FIN4O. The number of hydrogen-bond acceptors (Lipinski definition) is 2. The Balaban J connectivity index is 0.00000441. The maximum absolute atomic E-state index is 12.2. The Hall–Kier alpha value is -0.600. The normalized spacial score (nSPS) is 21.7. The lowest BCUT2D eigenvalue weighted by Crippen LogP contribution is -2.47. The molecule has 0 aromatic heterocycles. The summed E-state index contributed by atoms with van der Waals surface area (Å²) >= 11 is 0. The van der Waals surface area contributed by atoms with Gasteiger partial charge in [0.2, 0.25) is 5.91 Å². The number of aliphatic imine (C=N–C) groups is 1. The van der Waals surface area contributed by atoms with E-state index in [1.54, 1.807) is 14.1 Å². The fourth-order valence-electron chi connectivity index (χ4n) is 2.42. The van der Waals surface area contributed by atoms with Crippen LogP contribution in [0.5, 0.6) is 0 Å².